The first kappa shape index (κ1) is 17.3. The number of hydrogen-bond donors (Lipinski definition) is 2. The smallest absolute Gasteiger partial charge is 0.220 e. The van der Waals surface area contributed by atoms with E-state index in [9.17, 15) is 4.79 Å². The van der Waals surface area contributed by atoms with Crippen LogP contribution in [0.4, 0.5) is 0 Å². The van der Waals surface area contributed by atoms with Gasteiger partial charge in [-0.3, -0.25) is 4.79 Å². The molecule has 2 aromatic carbocycles. The standard InChI is InChI=1S/C19H26N2O2/c1-2-12-20-13-14-21-19(22)11-6-15-23-18-10-5-8-16-7-3-4-9-17(16)18/h3-5,7-10,20H,2,6,11-15H2,1H3,(H,21,22). The van der Waals surface area contributed by atoms with Crippen molar-refractivity contribution in [3.63, 3.8) is 0 Å². The zero-order valence-corrected chi connectivity index (χ0v) is 13.8. The molecule has 0 spiro atoms. The van der Waals surface area contributed by atoms with Crippen molar-refractivity contribution in [3.05, 3.63) is 42.5 Å². The zero-order valence-electron chi connectivity index (χ0n) is 13.8. The summed E-state index contributed by atoms with van der Waals surface area (Å²) in [5.41, 5.74) is 0. The molecule has 0 aliphatic rings. The maximum atomic E-state index is 11.7. The van der Waals surface area contributed by atoms with Crippen LogP contribution in [0.1, 0.15) is 26.2 Å². The Hall–Kier alpha value is -2.07. The number of benzene rings is 2. The average molecular weight is 314 g/mol. The number of rotatable bonds is 10. The molecule has 0 fully saturated rings. The highest BCUT2D eigenvalue weighted by molar-refractivity contribution is 5.88. The number of ether oxygens (including phenoxy) is 1. The molecule has 0 radical (unpaired) electrons. The highest BCUT2D eigenvalue weighted by Crippen LogP contribution is 2.25. The Morgan fingerprint density at radius 3 is 2.74 bits per heavy atom. The Labute approximate surface area is 138 Å². The fourth-order valence-corrected chi connectivity index (χ4v) is 2.42. The molecule has 0 atom stereocenters. The van der Waals surface area contributed by atoms with Crippen LogP contribution in [-0.2, 0) is 4.79 Å². The summed E-state index contributed by atoms with van der Waals surface area (Å²) < 4.78 is 5.83. The molecular weight excluding hydrogens is 288 g/mol. The second-order valence-corrected chi connectivity index (χ2v) is 5.53. The summed E-state index contributed by atoms with van der Waals surface area (Å²) >= 11 is 0. The van der Waals surface area contributed by atoms with E-state index in [0.29, 0.717) is 19.6 Å². The van der Waals surface area contributed by atoms with Crippen molar-refractivity contribution in [2.75, 3.05) is 26.2 Å². The monoisotopic (exact) mass is 314 g/mol. The zero-order chi connectivity index (χ0) is 16.3. The fraction of sp³-hybridized carbons (Fsp3) is 0.421. The van der Waals surface area contributed by atoms with Crippen LogP contribution in [0.15, 0.2) is 42.5 Å². The summed E-state index contributed by atoms with van der Waals surface area (Å²) in [6.07, 6.45) is 2.33. The number of carbonyl (C=O) groups is 1. The van der Waals surface area contributed by atoms with E-state index in [4.69, 9.17) is 4.74 Å². The normalized spacial score (nSPS) is 10.7. The Balaban J connectivity index is 1.66. The van der Waals surface area contributed by atoms with E-state index >= 15 is 0 Å². The van der Waals surface area contributed by atoms with Crippen molar-refractivity contribution in [2.24, 2.45) is 0 Å². The number of fused-ring (bicyclic) bond motifs is 1. The van der Waals surface area contributed by atoms with Gasteiger partial charge in [0.2, 0.25) is 5.91 Å². The van der Waals surface area contributed by atoms with Crippen molar-refractivity contribution in [1.82, 2.24) is 10.6 Å². The van der Waals surface area contributed by atoms with Gasteiger partial charge in [-0.2, -0.15) is 0 Å². The minimum atomic E-state index is 0.0878. The molecule has 4 nitrogen and oxygen atoms in total. The molecule has 23 heavy (non-hydrogen) atoms. The Bertz CT molecular complexity index is 608. The molecule has 0 saturated carbocycles. The van der Waals surface area contributed by atoms with Gasteiger partial charge < -0.3 is 15.4 Å². The number of amides is 1. The minimum Gasteiger partial charge on any atom is -0.493 e. The third-order valence-electron chi connectivity index (χ3n) is 3.61. The summed E-state index contributed by atoms with van der Waals surface area (Å²) in [5.74, 6) is 0.970. The van der Waals surface area contributed by atoms with Crippen LogP contribution < -0.4 is 15.4 Å². The molecule has 0 unspecified atom stereocenters. The van der Waals surface area contributed by atoms with Crippen LogP contribution in [0.5, 0.6) is 5.75 Å². The van der Waals surface area contributed by atoms with Crippen molar-refractivity contribution in [1.29, 1.82) is 0 Å². The molecule has 0 bridgehead atoms. The Morgan fingerprint density at radius 2 is 1.87 bits per heavy atom. The fourth-order valence-electron chi connectivity index (χ4n) is 2.42. The summed E-state index contributed by atoms with van der Waals surface area (Å²) in [6.45, 7) is 5.18. The van der Waals surface area contributed by atoms with Crippen molar-refractivity contribution in [3.8, 4) is 5.75 Å². The van der Waals surface area contributed by atoms with Crippen LogP contribution >= 0.6 is 0 Å². The molecule has 0 aliphatic carbocycles. The largest absolute Gasteiger partial charge is 0.493 e. The average Bonchev–Trinajstić information content (AvgIpc) is 2.58. The van der Waals surface area contributed by atoms with Crippen LogP contribution in [0.25, 0.3) is 10.8 Å². The van der Waals surface area contributed by atoms with E-state index in [1.165, 1.54) is 5.39 Å². The van der Waals surface area contributed by atoms with E-state index in [2.05, 4.69) is 35.8 Å². The number of hydrogen-bond acceptors (Lipinski definition) is 3. The molecule has 4 heteroatoms. The Kier molecular flexibility index (Phi) is 7.40. The predicted octanol–water partition coefficient (Wildman–Crippen LogP) is 3.11. The highest BCUT2D eigenvalue weighted by atomic mass is 16.5. The number of carbonyl (C=O) groups excluding carboxylic acids is 1. The summed E-state index contributed by atoms with van der Waals surface area (Å²) in [4.78, 5) is 11.7. The van der Waals surface area contributed by atoms with E-state index in [1.807, 2.05) is 24.3 Å². The molecule has 2 aromatic rings. The molecule has 1 amide bonds. The van der Waals surface area contributed by atoms with E-state index in [-0.39, 0.29) is 5.91 Å². The predicted molar refractivity (Wildman–Crippen MR) is 94.8 cm³/mol. The third kappa shape index (κ3) is 5.91. The van der Waals surface area contributed by atoms with E-state index in [1.54, 1.807) is 0 Å². The van der Waals surface area contributed by atoms with E-state index in [0.717, 1.165) is 37.1 Å². The summed E-state index contributed by atoms with van der Waals surface area (Å²) in [7, 11) is 0. The summed E-state index contributed by atoms with van der Waals surface area (Å²) in [6, 6.07) is 14.2. The van der Waals surface area contributed by atoms with Crippen LogP contribution in [0, 0.1) is 0 Å². The highest BCUT2D eigenvalue weighted by Gasteiger charge is 2.03. The molecule has 124 valence electrons. The lowest BCUT2D eigenvalue weighted by molar-refractivity contribution is -0.121. The van der Waals surface area contributed by atoms with Crippen molar-refractivity contribution >= 4 is 16.7 Å². The summed E-state index contributed by atoms with van der Waals surface area (Å²) in [5, 5.41) is 8.45. The van der Waals surface area contributed by atoms with Gasteiger partial charge >= 0.3 is 0 Å². The second kappa shape index (κ2) is 9.85. The number of nitrogens with one attached hydrogen (secondary N) is 2. The molecule has 0 aromatic heterocycles. The van der Waals surface area contributed by atoms with Gasteiger partial charge in [-0.25, -0.2) is 0 Å². The SMILES string of the molecule is CCCNCCNC(=O)CCCOc1cccc2ccccc12. The molecule has 0 heterocycles. The lowest BCUT2D eigenvalue weighted by atomic mass is 10.1. The van der Waals surface area contributed by atoms with Gasteiger partial charge in [0.1, 0.15) is 5.75 Å². The first-order valence-corrected chi connectivity index (χ1v) is 8.39. The topological polar surface area (TPSA) is 50.4 Å². The Morgan fingerprint density at radius 1 is 1.04 bits per heavy atom. The van der Waals surface area contributed by atoms with Crippen molar-refractivity contribution in [2.45, 2.75) is 26.2 Å². The molecule has 0 saturated heterocycles. The molecule has 0 aliphatic heterocycles. The van der Waals surface area contributed by atoms with Gasteiger partial charge in [-0.05, 0) is 30.8 Å². The first-order chi connectivity index (χ1) is 11.3. The molecular formula is C19H26N2O2. The van der Waals surface area contributed by atoms with Gasteiger partial charge in [0.05, 0.1) is 6.61 Å². The lowest BCUT2D eigenvalue weighted by Crippen LogP contribution is -2.32. The van der Waals surface area contributed by atoms with Gasteiger partial charge in [0, 0.05) is 24.9 Å². The molecule has 2 rings (SSSR count). The first-order valence-electron chi connectivity index (χ1n) is 8.39. The third-order valence-corrected chi connectivity index (χ3v) is 3.61. The van der Waals surface area contributed by atoms with Crippen LogP contribution in [0.3, 0.4) is 0 Å². The minimum absolute atomic E-state index is 0.0878. The second-order valence-electron chi connectivity index (χ2n) is 5.53. The maximum absolute atomic E-state index is 11.7. The van der Waals surface area contributed by atoms with Gasteiger partial charge in [-0.15, -0.1) is 0 Å². The maximum Gasteiger partial charge on any atom is 0.220 e. The molecule has 2 N–H and O–H groups in total. The quantitative estimate of drug-likeness (QED) is 0.663. The lowest BCUT2D eigenvalue weighted by Gasteiger charge is -2.09. The van der Waals surface area contributed by atoms with Crippen molar-refractivity contribution < 1.29 is 9.53 Å². The van der Waals surface area contributed by atoms with Crippen LogP contribution in [-0.4, -0.2) is 32.1 Å². The van der Waals surface area contributed by atoms with Crippen LogP contribution in [0.2, 0.25) is 0 Å². The van der Waals surface area contributed by atoms with E-state index < -0.39 is 0 Å². The van der Waals surface area contributed by atoms with Gasteiger partial charge in [0.15, 0.2) is 0 Å². The van der Waals surface area contributed by atoms with Gasteiger partial charge in [-0.1, -0.05) is 43.3 Å². The van der Waals surface area contributed by atoms with Gasteiger partial charge in [0.25, 0.3) is 0 Å².